The lowest BCUT2D eigenvalue weighted by atomic mass is 9.93. The quantitative estimate of drug-likeness (QED) is 0.218. The van der Waals surface area contributed by atoms with E-state index in [9.17, 15) is 27.6 Å². The van der Waals surface area contributed by atoms with Gasteiger partial charge in [-0.25, -0.2) is 13.1 Å². The van der Waals surface area contributed by atoms with E-state index in [0.29, 0.717) is 12.8 Å². The Kier molecular flexibility index (Phi) is 12.7. The van der Waals surface area contributed by atoms with E-state index in [2.05, 4.69) is 15.4 Å². The van der Waals surface area contributed by atoms with Gasteiger partial charge in [0.2, 0.25) is 27.7 Å². The van der Waals surface area contributed by atoms with Gasteiger partial charge in [0.15, 0.2) is 0 Å². The highest BCUT2D eigenvalue weighted by Gasteiger charge is 2.31. The van der Waals surface area contributed by atoms with E-state index in [0.717, 1.165) is 24.0 Å². The molecule has 0 aromatic heterocycles. The SMILES string of the molecule is Cc1ccc(S(=O)(=O)N[C@@H]2CCCC[C@H]2OCC(=O)N[C@@H](C)C(=O)N[C@H](CCC(=O)OCc2ccccc2)C(N)=O)cc1. The molecule has 5 N–H and O–H groups in total. The molecule has 12 nitrogen and oxygen atoms in total. The largest absolute Gasteiger partial charge is 0.461 e. The van der Waals surface area contributed by atoms with Crippen LogP contribution >= 0.6 is 0 Å². The maximum absolute atomic E-state index is 12.9. The van der Waals surface area contributed by atoms with Crippen LogP contribution < -0.4 is 21.1 Å². The van der Waals surface area contributed by atoms with Crippen molar-refractivity contribution in [3.63, 3.8) is 0 Å². The molecule has 234 valence electrons. The number of esters is 1. The van der Waals surface area contributed by atoms with Crippen LogP contribution in [0.4, 0.5) is 0 Å². The summed E-state index contributed by atoms with van der Waals surface area (Å²) in [6, 6.07) is 12.9. The summed E-state index contributed by atoms with van der Waals surface area (Å²) >= 11 is 0. The van der Waals surface area contributed by atoms with Crippen molar-refractivity contribution >= 4 is 33.7 Å². The van der Waals surface area contributed by atoms with Gasteiger partial charge in [-0.2, -0.15) is 0 Å². The van der Waals surface area contributed by atoms with Crippen LogP contribution in [0, 0.1) is 6.92 Å². The fourth-order valence-corrected chi connectivity index (χ4v) is 5.90. The molecule has 13 heteroatoms. The second kappa shape index (κ2) is 16.1. The Morgan fingerprint density at radius 1 is 0.977 bits per heavy atom. The number of amides is 3. The minimum atomic E-state index is -3.77. The highest BCUT2D eigenvalue weighted by molar-refractivity contribution is 7.89. The second-order valence-corrected chi connectivity index (χ2v) is 12.3. The topological polar surface area (TPSA) is 183 Å². The predicted octanol–water partition coefficient (Wildman–Crippen LogP) is 1.60. The second-order valence-electron chi connectivity index (χ2n) is 10.6. The molecule has 0 aliphatic heterocycles. The van der Waals surface area contributed by atoms with Gasteiger partial charge in [-0.3, -0.25) is 19.2 Å². The summed E-state index contributed by atoms with van der Waals surface area (Å²) in [5.41, 5.74) is 7.16. The molecule has 0 bridgehead atoms. The third kappa shape index (κ3) is 11.1. The minimum absolute atomic E-state index is 0.0694. The molecule has 1 aliphatic carbocycles. The zero-order valence-corrected chi connectivity index (χ0v) is 25.2. The minimum Gasteiger partial charge on any atom is -0.461 e. The van der Waals surface area contributed by atoms with Crippen molar-refractivity contribution in [3.8, 4) is 0 Å². The van der Waals surface area contributed by atoms with Crippen LogP contribution in [0.3, 0.4) is 0 Å². The van der Waals surface area contributed by atoms with Crippen molar-refractivity contribution in [3.05, 3.63) is 65.7 Å². The van der Waals surface area contributed by atoms with Crippen LogP contribution in [0.5, 0.6) is 0 Å². The van der Waals surface area contributed by atoms with Crippen molar-refractivity contribution < 1.29 is 37.1 Å². The van der Waals surface area contributed by atoms with Gasteiger partial charge >= 0.3 is 5.97 Å². The highest BCUT2D eigenvalue weighted by atomic mass is 32.2. The third-order valence-electron chi connectivity index (χ3n) is 7.08. The predicted molar refractivity (Wildman–Crippen MR) is 158 cm³/mol. The normalized spacial score (nSPS) is 18.2. The van der Waals surface area contributed by atoms with Gasteiger partial charge in [0, 0.05) is 12.5 Å². The summed E-state index contributed by atoms with van der Waals surface area (Å²) < 4.78 is 39.4. The molecular formula is C30H40N4O8S. The molecule has 43 heavy (non-hydrogen) atoms. The number of aryl methyl sites for hydroxylation is 1. The number of carbonyl (C=O) groups excluding carboxylic acids is 4. The number of sulfonamides is 1. The first kappa shape index (κ1) is 33.7. The molecule has 1 saturated carbocycles. The molecule has 3 rings (SSSR count). The molecule has 0 spiro atoms. The number of nitrogens with one attached hydrogen (secondary N) is 3. The number of hydrogen-bond donors (Lipinski definition) is 4. The van der Waals surface area contributed by atoms with Crippen LogP contribution in [-0.2, 0) is 45.3 Å². The Morgan fingerprint density at radius 3 is 2.33 bits per heavy atom. The summed E-state index contributed by atoms with van der Waals surface area (Å²) in [6.07, 6.45) is 2.03. The van der Waals surface area contributed by atoms with Crippen LogP contribution in [0.15, 0.2) is 59.5 Å². The standard InChI is InChI=1S/C30H40N4O8S/c1-20-12-14-23(15-13-20)43(39,40)34-24-10-6-7-11-26(24)41-19-27(35)32-21(2)30(38)33-25(29(31)37)16-17-28(36)42-18-22-8-4-3-5-9-22/h3-5,8-9,12-15,21,24-26,34H,6-7,10-11,16-19H2,1-2H3,(H2,31,37)(H,32,35)(H,33,38)/t21-,24+,25+,26+/m0/s1. The number of ether oxygens (including phenoxy) is 2. The van der Waals surface area contributed by atoms with Gasteiger partial charge in [0.05, 0.1) is 11.0 Å². The lowest BCUT2D eigenvalue weighted by Gasteiger charge is -2.31. The zero-order valence-electron chi connectivity index (χ0n) is 24.4. The molecule has 1 aliphatic rings. The van der Waals surface area contributed by atoms with Crippen molar-refractivity contribution in [2.45, 2.75) is 88.1 Å². The number of benzene rings is 2. The van der Waals surface area contributed by atoms with Crippen molar-refractivity contribution in [2.24, 2.45) is 5.73 Å². The van der Waals surface area contributed by atoms with Gasteiger partial charge in [-0.15, -0.1) is 0 Å². The van der Waals surface area contributed by atoms with Crippen LogP contribution in [0.1, 0.15) is 56.6 Å². The summed E-state index contributed by atoms with van der Waals surface area (Å²) in [7, 11) is -3.77. The van der Waals surface area contributed by atoms with Crippen LogP contribution in [0.2, 0.25) is 0 Å². The van der Waals surface area contributed by atoms with E-state index in [-0.39, 0.29) is 24.3 Å². The van der Waals surface area contributed by atoms with Gasteiger partial charge in [0.1, 0.15) is 25.3 Å². The van der Waals surface area contributed by atoms with E-state index >= 15 is 0 Å². The molecule has 0 radical (unpaired) electrons. The highest BCUT2D eigenvalue weighted by Crippen LogP contribution is 2.23. The zero-order chi connectivity index (χ0) is 31.4. The number of nitrogens with two attached hydrogens (primary N) is 1. The molecule has 4 atom stereocenters. The van der Waals surface area contributed by atoms with Crippen LogP contribution in [0.25, 0.3) is 0 Å². The fraction of sp³-hybridized carbons (Fsp3) is 0.467. The van der Waals surface area contributed by atoms with Crippen molar-refractivity contribution in [2.75, 3.05) is 6.61 Å². The maximum Gasteiger partial charge on any atom is 0.306 e. The maximum atomic E-state index is 12.9. The Labute approximate surface area is 252 Å². The molecule has 2 aromatic rings. The summed E-state index contributed by atoms with van der Waals surface area (Å²) in [5.74, 6) is -2.64. The number of hydrogen-bond acceptors (Lipinski definition) is 8. The molecule has 0 heterocycles. The molecule has 2 aromatic carbocycles. The Hall–Kier alpha value is -3.81. The smallest absolute Gasteiger partial charge is 0.306 e. The third-order valence-corrected chi connectivity index (χ3v) is 8.59. The summed E-state index contributed by atoms with van der Waals surface area (Å²) in [6.45, 7) is 2.99. The fourth-order valence-electron chi connectivity index (χ4n) is 4.60. The van der Waals surface area contributed by atoms with E-state index in [1.807, 2.05) is 37.3 Å². The number of primary amides is 1. The van der Waals surface area contributed by atoms with E-state index in [1.54, 1.807) is 12.1 Å². The lowest BCUT2D eigenvalue weighted by Crippen LogP contribution is -2.53. The lowest BCUT2D eigenvalue weighted by molar-refractivity contribution is -0.145. The van der Waals surface area contributed by atoms with Crippen molar-refractivity contribution in [1.29, 1.82) is 0 Å². The van der Waals surface area contributed by atoms with Gasteiger partial charge < -0.3 is 25.8 Å². The first-order valence-electron chi connectivity index (χ1n) is 14.2. The summed E-state index contributed by atoms with van der Waals surface area (Å²) in [5, 5.41) is 4.96. The van der Waals surface area contributed by atoms with Crippen LogP contribution in [-0.4, -0.2) is 62.9 Å². The first-order valence-corrected chi connectivity index (χ1v) is 15.7. The van der Waals surface area contributed by atoms with Gasteiger partial charge in [-0.05, 0) is 50.8 Å². The number of carbonyl (C=O) groups is 4. The Morgan fingerprint density at radius 2 is 1.65 bits per heavy atom. The Balaban J connectivity index is 1.44. The molecule has 1 fully saturated rings. The summed E-state index contributed by atoms with van der Waals surface area (Å²) in [4.78, 5) is 49.3. The Bertz CT molecular complexity index is 1350. The average Bonchev–Trinajstić information content (AvgIpc) is 2.98. The molecular weight excluding hydrogens is 576 g/mol. The van der Waals surface area contributed by atoms with Gasteiger partial charge in [-0.1, -0.05) is 60.9 Å². The van der Waals surface area contributed by atoms with Gasteiger partial charge in [0.25, 0.3) is 0 Å². The molecule has 0 saturated heterocycles. The van der Waals surface area contributed by atoms with E-state index in [1.165, 1.54) is 19.1 Å². The van der Waals surface area contributed by atoms with E-state index < -0.39 is 64.6 Å². The molecule has 3 amide bonds. The number of rotatable bonds is 15. The van der Waals surface area contributed by atoms with Crippen molar-refractivity contribution in [1.82, 2.24) is 15.4 Å². The molecule has 0 unspecified atom stereocenters. The average molecular weight is 617 g/mol. The first-order chi connectivity index (χ1) is 20.4. The van der Waals surface area contributed by atoms with E-state index in [4.69, 9.17) is 15.2 Å². The monoisotopic (exact) mass is 616 g/mol.